The molecule has 2 nitrogen and oxygen atoms in total. The first-order chi connectivity index (χ1) is 10.2. The summed E-state index contributed by atoms with van der Waals surface area (Å²) in [6.07, 6.45) is 1.94. The van der Waals surface area contributed by atoms with Crippen molar-refractivity contribution in [3.05, 3.63) is 77.6 Å². The number of hydrogen-bond donors (Lipinski definition) is 1. The van der Waals surface area contributed by atoms with Gasteiger partial charge in [0.25, 0.3) is 0 Å². The maximum atomic E-state index is 4.34. The third-order valence-electron chi connectivity index (χ3n) is 3.87. The van der Waals surface area contributed by atoms with Gasteiger partial charge in [-0.25, -0.2) is 0 Å². The van der Waals surface area contributed by atoms with Crippen LogP contribution in [0.4, 0.5) is 0 Å². The number of hydrogen-bond acceptors (Lipinski definition) is 2. The Balaban J connectivity index is 1.78. The lowest BCUT2D eigenvalue weighted by Crippen LogP contribution is -2.18. The van der Waals surface area contributed by atoms with Crippen molar-refractivity contribution >= 4 is 10.8 Å². The summed E-state index contributed by atoms with van der Waals surface area (Å²) < 4.78 is 0. The van der Waals surface area contributed by atoms with E-state index in [0.29, 0.717) is 6.04 Å². The zero-order chi connectivity index (χ0) is 14.7. The highest BCUT2D eigenvalue weighted by Crippen LogP contribution is 2.24. The standard InChI is InChI=1S/C19H20N2/c1-14-10-11-16(12-20-14)13-21-15(2)18-9-5-7-17-6-3-4-8-19(17)18/h3-12,15,21H,13H2,1-2H3. The molecule has 1 unspecified atom stereocenters. The predicted octanol–water partition coefficient (Wildman–Crippen LogP) is 4.39. The summed E-state index contributed by atoms with van der Waals surface area (Å²) in [4.78, 5) is 4.34. The third-order valence-corrected chi connectivity index (χ3v) is 3.87. The third kappa shape index (κ3) is 3.11. The molecule has 0 spiro atoms. The molecule has 2 aromatic carbocycles. The van der Waals surface area contributed by atoms with E-state index in [0.717, 1.165) is 12.2 Å². The van der Waals surface area contributed by atoms with E-state index in [1.54, 1.807) is 0 Å². The van der Waals surface area contributed by atoms with Gasteiger partial charge in [0.1, 0.15) is 0 Å². The average Bonchev–Trinajstić information content (AvgIpc) is 2.53. The van der Waals surface area contributed by atoms with Crippen LogP contribution in [-0.2, 0) is 6.54 Å². The van der Waals surface area contributed by atoms with Crippen LogP contribution in [0, 0.1) is 6.92 Å². The number of rotatable bonds is 4. The molecular weight excluding hydrogens is 256 g/mol. The van der Waals surface area contributed by atoms with Gasteiger partial charge in [0, 0.05) is 24.5 Å². The van der Waals surface area contributed by atoms with Gasteiger partial charge in [-0.3, -0.25) is 4.98 Å². The molecule has 0 aliphatic heterocycles. The highest BCUT2D eigenvalue weighted by Gasteiger charge is 2.08. The van der Waals surface area contributed by atoms with Crippen LogP contribution in [0.2, 0.25) is 0 Å². The largest absolute Gasteiger partial charge is 0.306 e. The lowest BCUT2D eigenvalue weighted by atomic mass is 9.99. The van der Waals surface area contributed by atoms with Gasteiger partial charge in [-0.1, -0.05) is 48.5 Å². The zero-order valence-corrected chi connectivity index (χ0v) is 12.5. The van der Waals surface area contributed by atoms with Gasteiger partial charge in [0.05, 0.1) is 0 Å². The molecule has 21 heavy (non-hydrogen) atoms. The maximum absolute atomic E-state index is 4.34. The molecular formula is C19H20N2. The Morgan fingerprint density at radius 2 is 1.81 bits per heavy atom. The molecule has 0 fully saturated rings. The van der Waals surface area contributed by atoms with Crippen molar-refractivity contribution in [1.29, 1.82) is 0 Å². The molecule has 0 saturated carbocycles. The fraction of sp³-hybridized carbons (Fsp3) is 0.211. The second-order valence-electron chi connectivity index (χ2n) is 5.48. The SMILES string of the molecule is Cc1ccc(CNC(C)c2cccc3ccccc23)cn1. The van der Waals surface area contributed by atoms with Crippen LogP contribution >= 0.6 is 0 Å². The molecule has 0 radical (unpaired) electrons. The van der Waals surface area contributed by atoms with Crippen molar-refractivity contribution in [3.8, 4) is 0 Å². The number of nitrogens with one attached hydrogen (secondary N) is 1. The highest BCUT2D eigenvalue weighted by atomic mass is 14.9. The molecule has 2 heteroatoms. The van der Waals surface area contributed by atoms with Crippen molar-refractivity contribution in [1.82, 2.24) is 10.3 Å². The smallest absolute Gasteiger partial charge is 0.0372 e. The van der Waals surface area contributed by atoms with Crippen LogP contribution in [0.25, 0.3) is 10.8 Å². The average molecular weight is 276 g/mol. The minimum absolute atomic E-state index is 0.303. The molecule has 3 aromatic rings. The number of benzene rings is 2. The topological polar surface area (TPSA) is 24.9 Å². The van der Waals surface area contributed by atoms with Crippen LogP contribution in [0.5, 0.6) is 0 Å². The molecule has 106 valence electrons. The first-order valence-electron chi connectivity index (χ1n) is 7.36. The summed E-state index contributed by atoms with van der Waals surface area (Å²) in [6.45, 7) is 5.05. The van der Waals surface area contributed by atoms with E-state index >= 15 is 0 Å². The van der Waals surface area contributed by atoms with Gasteiger partial charge in [-0.2, -0.15) is 0 Å². The Kier molecular flexibility index (Phi) is 3.98. The van der Waals surface area contributed by atoms with E-state index in [4.69, 9.17) is 0 Å². The van der Waals surface area contributed by atoms with E-state index in [2.05, 4.69) is 71.8 Å². The van der Waals surface area contributed by atoms with Crippen molar-refractivity contribution in [2.75, 3.05) is 0 Å². The first-order valence-corrected chi connectivity index (χ1v) is 7.36. The van der Waals surface area contributed by atoms with Gasteiger partial charge in [-0.05, 0) is 41.8 Å². The Bertz CT molecular complexity index is 727. The lowest BCUT2D eigenvalue weighted by molar-refractivity contribution is 0.577. The molecule has 3 rings (SSSR count). The molecule has 1 N–H and O–H groups in total. The molecule has 1 atom stereocenters. The van der Waals surface area contributed by atoms with Crippen LogP contribution in [0.1, 0.15) is 29.8 Å². The molecule has 0 amide bonds. The van der Waals surface area contributed by atoms with Crippen LogP contribution in [0.3, 0.4) is 0 Å². The lowest BCUT2D eigenvalue weighted by Gasteiger charge is -2.16. The molecule has 0 bridgehead atoms. The van der Waals surface area contributed by atoms with Crippen LogP contribution in [-0.4, -0.2) is 4.98 Å². The fourth-order valence-electron chi connectivity index (χ4n) is 2.61. The zero-order valence-electron chi connectivity index (χ0n) is 12.5. The Morgan fingerprint density at radius 1 is 1.00 bits per heavy atom. The van der Waals surface area contributed by atoms with Crippen molar-refractivity contribution < 1.29 is 0 Å². The van der Waals surface area contributed by atoms with Gasteiger partial charge in [0.2, 0.25) is 0 Å². The molecule has 0 aliphatic rings. The summed E-state index contributed by atoms with van der Waals surface area (Å²) in [5, 5.41) is 6.20. The highest BCUT2D eigenvalue weighted by molar-refractivity contribution is 5.86. The van der Waals surface area contributed by atoms with Crippen LogP contribution < -0.4 is 5.32 Å². The number of pyridine rings is 1. The Morgan fingerprint density at radius 3 is 2.62 bits per heavy atom. The fourth-order valence-corrected chi connectivity index (χ4v) is 2.61. The maximum Gasteiger partial charge on any atom is 0.0372 e. The number of aromatic nitrogens is 1. The van der Waals surface area contributed by atoms with Crippen molar-refractivity contribution in [2.24, 2.45) is 0 Å². The summed E-state index contributed by atoms with van der Waals surface area (Å²) in [7, 11) is 0. The summed E-state index contributed by atoms with van der Waals surface area (Å²) >= 11 is 0. The van der Waals surface area contributed by atoms with Gasteiger partial charge in [-0.15, -0.1) is 0 Å². The summed E-state index contributed by atoms with van der Waals surface area (Å²) in [6, 6.07) is 19.5. The van der Waals surface area contributed by atoms with E-state index in [1.165, 1.54) is 21.9 Å². The Hall–Kier alpha value is -2.19. The van der Waals surface area contributed by atoms with Gasteiger partial charge >= 0.3 is 0 Å². The van der Waals surface area contributed by atoms with E-state index in [9.17, 15) is 0 Å². The van der Waals surface area contributed by atoms with E-state index in [-0.39, 0.29) is 0 Å². The number of aryl methyl sites for hydroxylation is 1. The molecule has 0 aliphatic carbocycles. The number of nitrogens with zero attached hydrogens (tertiary/aromatic N) is 1. The summed E-state index contributed by atoms with van der Waals surface area (Å²) in [5.41, 5.74) is 3.61. The normalized spacial score (nSPS) is 12.5. The minimum atomic E-state index is 0.303. The van der Waals surface area contributed by atoms with E-state index < -0.39 is 0 Å². The molecule has 1 aromatic heterocycles. The monoisotopic (exact) mass is 276 g/mol. The molecule has 1 heterocycles. The van der Waals surface area contributed by atoms with Crippen molar-refractivity contribution in [2.45, 2.75) is 26.4 Å². The van der Waals surface area contributed by atoms with Crippen molar-refractivity contribution in [3.63, 3.8) is 0 Å². The quantitative estimate of drug-likeness (QED) is 0.764. The minimum Gasteiger partial charge on any atom is -0.306 e. The number of fused-ring (bicyclic) bond motifs is 1. The Labute approximate surface area is 125 Å². The molecule has 0 saturated heterocycles. The second-order valence-corrected chi connectivity index (χ2v) is 5.48. The van der Waals surface area contributed by atoms with Gasteiger partial charge < -0.3 is 5.32 Å². The van der Waals surface area contributed by atoms with E-state index in [1.807, 2.05) is 13.1 Å². The first kappa shape index (κ1) is 13.8. The summed E-state index contributed by atoms with van der Waals surface area (Å²) in [5.74, 6) is 0. The second kappa shape index (κ2) is 6.06. The van der Waals surface area contributed by atoms with Crippen LogP contribution in [0.15, 0.2) is 60.8 Å². The van der Waals surface area contributed by atoms with Gasteiger partial charge in [0.15, 0.2) is 0 Å². The predicted molar refractivity (Wildman–Crippen MR) is 88.2 cm³/mol.